The lowest BCUT2D eigenvalue weighted by Gasteiger charge is -2.26. The van der Waals surface area contributed by atoms with Crippen LogP contribution in [0.15, 0.2) is 152 Å². The van der Waals surface area contributed by atoms with E-state index in [1.165, 1.54) is 11.1 Å². The van der Waals surface area contributed by atoms with Crippen LogP contribution in [0.25, 0.3) is 50.5 Å². The first-order chi connectivity index (χ1) is 22.6. The molecule has 0 aliphatic rings. The molecule has 3 heterocycles. The standard InChI is InChI=1S/C41H31N5/c1-28-25-36-37(26-29(28)2)44-41(40(43-36)31-11-5-3-6-12-31)32-18-22-35(23-19-32)46(33-13-7-4-8-14-33)34-20-16-30(17-21-34)38-27-45-24-10-9-15-39(45)42-38/h3-27H,1-2H3. The molecule has 0 aliphatic heterocycles. The summed E-state index contributed by atoms with van der Waals surface area (Å²) >= 11 is 0. The summed E-state index contributed by atoms with van der Waals surface area (Å²) in [5.41, 5.74) is 14.2. The number of anilines is 3. The number of rotatable bonds is 6. The lowest BCUT2D eigenvalue weighted by molar-refractivity contribution is 1.19. The fraction of sp³-hybridized carbons (Fsp3) is 0.0488. The molecule has 5 heteroatoms. The van der Waals surface area contributed by atoms with E-state index in [0.717, 1.165) is 67.5 Å². The van der Waals surface area contributed by atoms with Crippen molar-refractivity contribution in [3.05, 3.63) is 163 Å². The van der Waals surface area contributed by atoms with Crippen molar-refractivity contribution < 1.29 is 0 Å². The van der Waals surface area contributed by atoms with Crippen molar-refractivity contribution >= 4 is 33.7 Å². The third-order valence-corrected chi connectivity index (χ3v) is 8.53. The van der Waals surface area contributed by atoms with Crippen LogP contribution in [0.4, 0.5) is 17.1 Å². The van der Waals surface area contributed by atoms with Gasteiger partial charge in [0.15, 0.2) is 0 Å². The molecule has 46 heavy (non-hydrogen) atoms. The van der Waals surface area contributed by atoms with Gasteiger partial charge in [-0.15, -0.1) is 0 Å². The Morgan fingerprint density at radius 2 is 0.978 bits per heavy atom. The number of benzene rings is 5. The monoisotopic (exact) mass is 593 g/mol. The van der Waals surface area contributed by atoms with Crippen LogP contribution in [0.2, 0.25) is 0 Å². The Bertz CT molecular complexity index is 2270. The highest BCUT2D eigenvalue weighted by Crippen LogP contribution is 2.38. The van der Waals surface area contributed by atoms with E-state index in [-0.39, 0.29) is 0 Å². The normalized spacial score (nSPS) is 11.3. The zero-order chi connectivity index (χ0) is 31.0. The zero-order valence-corrected chi connectivity index (χ0v) is 25.7. The maximum Gasteiger partial charge on any atom is 0.137 e. The molecular formula is C41H31N5. The number of pyridine rings is 1. The molecular weight excluding hydrogens is 562 g/mol. The van der Waals surface area contributed by atoms with Crippen LogP contribution in [0.3, 0.4) is 0 Å². The van der Waals surface area contributed by atoms with Crippen molar-refractivity contribution in [1.29, 1.82) is 0 Å². The minimum Gasteiger partial charge on any atom is -0.311 e. The van der Waals surface area contributed by atoms with E-state index in [0.29, 0.717) is 0 Å². The summed E-state index contributed by atoms with van der Waals surface area (Å²) in [6.45, 7) is 4.24. The first-order valence-corrected chi connectivity index (χ1v) is 15.4. The smallest absolute Gasteiger partial charge is 0.137 e. The molecule has 0 amide bonds. The highest BCUT2D eigenvalue weighted by Gasteiger charge is 2.17. The van der Waals surface area contributed by atoms with Gasteiger partial charge in [0.1, 0.15) is 5.65 Å². The third kappa shape index (κ3) is 5.08. The topological polar surface area (TPSA) is 46.3 Å². The number of para-hydroxylation sites is 1. The first-order valence-electron chi connectivity index (χ1n) is 15.4. The minimum absolute atomic E-state index is 0.872. The number of aromatic nitrogens is 4. The van der Waals surface area contributed by atoms with Crippen LogP contribution in [-0.4, -0.2) is 19.4 Å². The van der Waals surface area contributed by atoms with E-state index < -0.39 is 0 Å². The minimum atomic E-state index is 0.872. The second-order valence-corrected chi connectivity index (χ2v) is 11.6. The van der Waals surface area contributed by atoms with Crippen LogP contribution in [-0.2, 0) is 0 Å². The van der Waals surface area contributed by atoms with E-state index in [2.05, 4.69) is 122 Å². The van der Waals surface area contributed by atoms with Gasteiger partial charge in [0.2, 0.25) is 0 Å². The molecule has 0 bridgehead atoms. The van der Waals surface area contributed by atoms with Gasteiger partial charge < -0.3 is 9.30 Å². The van der Waals surface area contributed by atoms with Crippen molar-refractivity contribution in [2.75, 3.05) is 4.90 Å². The summed E-state index contributed by atoms with van der Waals surface area (Å²) in [5.74, 6) is 0. The molecule has 0 spiro atoms. The Balaban J connectivity index is 1.20. The van der Waals surface area contributed by atoms with Gasteiger partial charge in [-0.3, -0.25) is 0 Å². The van der Waals surface area contributed by atoms with Crippen molar-refractivity contribution in [3.63, 3.8) is 0 Å². The second kappa shape index (κ2) is 11.5. The maximum absolute atomic E-state index is 5.19. The van der Waals surface area contributed by atoms with E-state index >= 15 is 0 Å². The Hall–Kier alpha value is -6.07. The molecule has 0 saturated carbocycles. The third-order valence-electron chi connectivity index (χ3n) is 8.53. The number of fused-ring (bicyclic) bond motifs is 2. The summed E-state index contributed by atoms with van der Waals surface area (Å²) < 4.78 is 2.05. The maximum atomic E-state index is 5.19. The Kier molecular flexibility index (Phi) is 6.84. The molecule has 0 aliphatic carbocycles. The van der Waals surface area contributed by atoms with Crippen molar-refractivity contribution in [1.82, 2.24) is 19.4 Å². The molecule has 0 fully saturated rings. The van der Waals surface area contributed by atoms with Crippen molar-refractivity contribution in [2.45, 2.75) is 13.8 Å². The fourth-order valence-electron chi connectivity index (χ4n) is 5.96. The van der Waals surface area contributed by atoms with E-state index in [1.54, 1.807) is 0 Å². The molecule has 220 valence electrons. The average Bonchev–Trinajstić information content (AvgIpc) is 3.55. The van der Waals surface area contributed by atoms with Crippen LogP contribution in [0.1, 0.15) is 11.1 Å². The summed E-state index contributed by atoms with van der Waals surface area (Å²) in [7, 11) is 0. The quantitative estimate of drug-likeness (QED) is 0.192. The second-order valence-electron chi connectivity index (χ2n) is 11.6. The highest BCUT2D eigenvalue weighted by atomic mass is 15.1. The first kappa shape index (κ1) is 27.5. The van der Waals surface area contributed by atoms with Crippen molar-refractivity contribution in [3.8, 4) is 33.8 Å². The van der Waals surface area contributed by atoms with Gasteiger partial charge in [-0.1, -0.05) is 78.9 Å². The van der Waals surface area contributed by atoms with Gasteiger partial charge in [-0.2, -0.15) is 0 Å². The average molecular weight is 594 g/mol. The lowest BCUT2D eigenvalue weighted by Crippen LogP contribution is -2.09. The molecule has 0 atom stereocenters. The van der Waals surface area contributed by atoms with E-state index in [4.69, 9.17) is 15.0 Å². The molecule has 0 unspecified atom stereocenters. The predicted molar refractivity (Wildman–Crippen MR) is 189 cm³/mol. The molecule has 8 rings (SSSR count). The van der Waals surface area contributed by atoms with Gasteiger partial charge in [0, 0.05) is 46.1 Å². The Morgan fingerprint density at radius 1 is 0.478 bits per heavy atom. The van der Waals surface area contributed by atoms with Gasteiger partial charge >= 0.3 is 0 Å². The Morgan fingerprint density at radius 3 is 1.57 bits per heavy atom. The summed E-state index contributed by atoms with van der Waals surface area (Å²) in [5, 5.41) is 0. The van der Waals surface area contributed by atoms with Crippen LogP contribution in [0.5, 0.6) is 0 Å². The zero-order valence-electron chi connectivity index (χ0n) is 25.7. The number of imidazole rings is 1. The van der Waals surface area contributed by atoms with Gasteiger partial charge in [-0.05, 0) is 85.6 Å². The molecule has 0 N–H and O–H groups in total. The number of nitrogens with zero attached hydrogens (tertiary/aromatic N) is 5. The van der Waals surface area contributed by atoms with Gasteiger partial charge in [0.25, 0.3) is 0 Å². The molecule has 8 aromatic rings. The van der Waals surface area contributed by atoms with Crippen molar-refractivity contribution in [2.24, 2.45) is 0 Å². The highest BCUT2D eigenvalue weighted by molar-refractivity contribution is 5.88. The fourth-order valence-corrected chi connectivity index (χ4v) is 5.96. The molecule has 5 aromatic carbocycles. The Labute approximate surface area is 268 Å². The van der Waals surface area contributed by atoms with Crippen LogP contribution >= 0.6 is 0 Å². The van der Waals surface area contributed by atoms with Gasteiger partial charge in [0.05, 0.1) is 28.1 Å². The SMILES string of the molecule is Cc1cc2nc(-c3ccccc3)c(-c3ccc(N(c4ccccc4)c4ccc(-c5cn6ccccc6n5)cc4)cc3)nc2cc1C. The molecule has 0 radical (unpaired) electrons. The predicted octanol–water partition coefficient (Wildman–Crippen LogP) is 10.4. The number of hydrogen-bond acceptors (Lipinski definition) is 4. The lowest BCUT2D eigenvalue weighted by atomic mass is 10.0. The van der Waals surface area contributed by atoms with E-state index in [9.17, 15) is 0 Å². The molecule has 5 nitrogen and oxygen atoms in total. The largest absolute Gasteiger partial charge is 0.311 e. The molecule has 0 saturated heterocycles. The number of hydrogen-bond donors (Lipinski definition) is 0. The van der Waals surface area contributed by atoms with E-state index in [1.807, 2.05) is 53.1 Å². The summed E-state index contributed by atoms with van der Waals surface area (Å²) in [6, 6.07) is 48.3. The van der Waals surface area contributed by atoms with Crippen LogP contribution < -0.4 is 4.90 Å². The summed E-state index contributed by atoms with van der Waals surface area (Å²) in [6.07, 6.45) is 4.09. The van der Waals surface area contributed by atoms with Crippen LogP contribution in [0, 0.1) is 13.8 Å². The molecule has 3 aromatic heterocycles. The van der Waals surface area contributed by atoms with Gasteiger partial charge in [-0.25, -0.2) is 15.0 Å². The summed E-state index contributed by atoms with van der Waals surface area (Å²) in [4.78, 5) is 17.4. The number of aryl methyl sites for hydroxylation is 2.